The molecule has 5 nitrogen and oxygen atoms in total. The molecule has 0 radical (unpaired) electrons. The number of aliphatic hydroxyl groups excluding tert-OH is 1. The van der Waals surface area contributed by atoms with Crippen LogP contribution in [-0.4, -0.2) is 22.4 Å². The van der Waals surface area contributed by atoms with Crippen LogP contribution >= 0.6 is 0 Å². The monoisotopic (exact) mass is 206 g/mol. The van der Waals surface area contributed by atoms with Gasteiger partial charge in [0.05, 0.1) is 19.3 Å². The number of rotatable bonds is 3. The van der Waals surface area contributed by atoms with Gasteiger partial charge in [0.25, 0.3) is 5.88 Å². The Morgan fingerprint density at radius 3 is 2.93 bits per heavy atom. The second-order valence-electron chi connectivity index (χ2n) is 2.87. The van der Waals surface area contributed by atoms with Gasteiger partial charge in [0.1, 0.15) is 5.69 Å². The summed E-state index contributed by atoms with van der Waals surface area (Å²) in [5.41, 5.74) is 1.13. The molecule has 0 aromatic carbocycles. The lowest BCUT2D eigenvalue weighted by Gasteiger charge is -1.98. The molecule has 2 heterocycles. The van der Waals surface area contributed by atoms with Gasteiger partial charge in [-0.3, -0.25) is 4.98 Å². The van der Waals surface area contributed by atoms with Crippen molar-refractivity contribution < 1.29 is 14.4 Å². The minimum absolute atomic E-state index is 0.196. The summed E-state index contributed by atoms with van der Waals surface area (Å²) in [6, 6.07) is 5.41. The fourth-order valence-corrected chi connectivity index (χ4v) is 1.29. The van der Waals surface area contributed by atoms with Crippen molar-refractivity contribution in [1.29, 1.82) is 0 Å². The molecule has 2 rings (SSSR count). The van der Waals surface area contributed by atoms with Crippen LogP contribution in [0.5, 0.6) is 5.88 Å². The zero-order valence-corrected chi connectivity index (χ0v) is 8.17. The summed E-state index contributed by atoms with van der Waals surface area (Å²) in [4.78, 5) is 4.10. The van der Waals surface area contributed by atoms with Crippen LogP contribution in [0.2, 0.25) is 0 Å². The zero-order valence-electron chi connectivity index (χ0n) is 8.17. The Bertz CT molecular complexity index is 439. The van der Waals surface area contributed by atoms with Crippen molar-refractivity contribution in [2.75, 3.05) is 7.11 Å². The number of hydrogen-bond acceptors (Lipinski definition) is 5. The highest BCUT2D eigenvalue weighted by atomic mass is 16.5. The summed E-state index contributed by atoms with van der Waals surface area (Å²) >= 11 is 0. The highest BCUT2D eigenvalue weighted by Gasteiger charge is 2.17. The van der Waals surface area contributed by atoms with Gasteiger partial charge in [0, 0.05) is 6.20 Å². The fourth-order valence-electron chi connectivity index (χ4n) is 1.29. The minimum Gasteiger partial charge on any atom is -0.479 e. The van der Waals surface area contributed by atoms with Gasteiger partial charge in [-0.25, -0.2) is 0 Å². The first-order chi connectivity index (χ1) is 7.36. The largest absolute Gasteiger partial charge is 0.479 e. The minimum atomic E-state index is -0.196. The van der Waals surface area contributed by atoms with Crippen molar-refractivity contribution in [3.8, 4) is 17.3 Å². The number of aliphatic hydroxyl groups is 1. The molecule has 5 heteroatoms. The van der Waals surface area contributed by atoms with E-state index in [2.05, 4.69) is 10.1 Å². The maximum absolute atomic E-state index is 9.17. The molecule has 0 saturated heterocycles. The van der Waals surface area contributed by atoms with E-state index in [0.29, 0.717) is 17.0 Å². The quantitative estimate of drug-likeness (QED) is 0.818. The highest BCUT2D eigenvalue weighted by Crippen LogP contribution is 2.28. The first-order valence-corrected chi connectivity index (χ1v) is 4.41. The van der Waals surface area contributed by atoms with Crippen LogP contribution in [-0.2, 0) is 6.61 Å². The van der Waals surface area contributed by atoms with Gasteiger partial charge < -0.3 is 14.4 Å². The number of pyridine rings is 1. The van der Waals surface area contributed by atoms with E-state index in [1.165, 1.54) is 7.11 Å². The van der Waals surface area contributed by atoms with E-state index in [1.807, 2.05) is 6.07 Å². The Balaban J connectivity index is 2.49. The van der Waals surface area contributed by atoms with Gasteiger partial charge in [0.2, 0.25) is 0 Å². The van der Waals surface area contributed by atoms with Crippen molar-refractivity contribution in [3.05, 3.63) is 30.0 Å². The summed E-state index contributed by atoms with van der Waals surface area (Å²) in [5, 5.41) is 12.9. The molecule has 0 unspecified atom stereocenters. The molecular weight excluding hydrogens is 196 g/mol. The fraction of sp³-hybridized carbons (Fsp3) is 0.200. The van der Waals surface area contributed by atoms with Gasteiger partial charge in [-0.05, 0) is 17.3 Å². The molecule has 0 saturated carbocycles. The van der Waals surface area contributed by atoms with Gasteiger partial charge in [-0.1, -0.05) is 6.07 Å². The first-order valence-electron chi connectivity index (χ1n) is 4.41. The molecule has 2 aromatic heterocycles. The van der Waals surface area contributed by atoms with Crippen LogP contribution < -0.4 is 4.74 Å². The Morgan fingerprint density at radius 2 is 2.33 bits per heavy atom. The Labute approximate surface area is 86.3 Å². The molecule has 2 aromatic rings. The van der Waals surface area contributed by atoms with Crippen LogP contribution in [0.1, 0.15) is 5.56 Å². The SMILES string of the molecule is COc1noc(-c2ccccn2)c1CO. The third-order valence-electron chi connectivity index (χ3n) is 2.00. The zero-order chi connectivity index (χ0) is 10.7. The third-order valence-corrected chi connectivity index (χ3v) is 2.00. The van der Waals surface area contributed by atoms with E-state index in [1.54, 1.807) is 18.3 Å². The van der Waals surface area contributed by atoms with E-state index in [9.17, 15) is 5.11 Å². The molecule has 0 aliphatic rings. The molecular formula is C10H10N2O3. The number of methoxy groups -OCH3 is 1. The van der Waals surface area contributed by atoms with E-state index in [0.717, 1.165) is 0 Å². The molecule has 0 amide bonds. The van der Waals surface area contributed by atoms with Crippen molar-refractivity contribution in [3.63, 3.8) is 0 Å². The molecule has 0 spiro atoms. The summed E-state index contributed by atoms with van der Waals surface area (Å²) in [5.74, 6) is 0.730. The van der Waals surface area contributed by atoms with Crippen LogP contribution in [0, 0.1) is 0 Å². The van der Waals surface area contributed by atoms with E-state index >= 15 is 0 Å². The number of ether oxygens (including phenoxy) is 1. The second kappa shape index (κ2) is 4.10. The topological polar surface area (TPSA) is 68.4 Å². The van der Waals surface area contributed by atoms with Crippen LogP contribution in [0.15, 0.2) is 28.9 Å². The van der Waals surface area contributed by atoms with E-state index < -0.39 is 0 Å². The van der Waals surface area contributed by atoms with Gasteiger partial charge in [0.15, 0.2) is 5.76 Å². The maximum atomic E-state index is 9.17. The Morgan fingerprint density at radius 1 is 1.47 bits per heavy atom. The van der Waals surface area contributed by atoms with Gasteiger partial charge in [-0.2, -0.15) is 0 Å². The Kier molecular flexibility index (Phi) is 2.64. The molecule has 1 N–H and O–H groups in total. The van der Waals surface area contributed by atoms with Crippen LogP contribution in [0.4, 0.5) is 0 Å². The van der Waals surface area contributed by atoms with Gasteiger partial charge in [-0.15, -0.1) is 0 Å². The maximum Gasteiger partial charge on any atom is 0.260 e. The number of aromatic nitrogens is 2. The van der Waals surface area contributed by atoms with Crippen molar-refractivity contribution in [2.45, 2.75) is 6.61 Å². The summed E-state index contributed by atoms with van der Waals surface area (Å²) in [6.45, 7) is -0.196. The lowest BCUT2D eigenvalue weighted by Crippen LogP contribution is -1.91. The summed E-state index contributed by atoms with van der Waals surface area (Å²) < 4.78 is 10.0. The first kappa shape index (κ1) is 9.67. The van der Waals surface area contributed by atoms with E-state index in [4.69, 9.17) is 9.26 Å². The van der Waals surface area contributed by atoms with Crippen LogP contribution in [0.25, 0.3) is 11.5 Å². The molecule has 0 bridgehead atoms. The van der Waals surface area contributed by atoms with E-state index in [-0.39, 0.29) is 12.5 Å². The smallest absolute Gasteiger partial charge is 0.260 e. The normalized spacial score (nSPS) is 10.3. The predicted octanol–water partition coefficient (Wildman–Crippen LogP) is 1.24. The lowest BCUT2D eigenvalue weighted by atomic mass is 10.2. The second-order valence-corrected chi connectivity index (χ2v) is 2.87. The standard InChI is InChI=1S/C10H10N2O3/c1-14-10-7(6-13)9(15-12-10)8-4-2-3-5-11-8/h2-5,13H,6H2,1H3. The summed E-state index contributed by atoms with van der Waals surface area (Å²) in [6.07, 6.45) is 1.64. The number of nitrogens with zero attached hydrogens (tertiary/aromatic N) is 2. The lowest BCUT2D eigenvalue weighted by molar-refractivity contribution is 0.273. The number of hydrogen-bond donors (Lipinski definition) is 1. The molecule has 0 atom stereocenters. The average Bonchev–Trinajstić information content (AvgIpc) is 2.72. The van der Waals surface area contributed by atoms with Crippen molar-refractivity contribution in [2.24, 2.45) is 0 Å². The summed E-state index contributed by atoms with van der Waals surface area (Å²) in [7, 11) is 1.47. The third kappa shape index (κ3) is 1.69. The van der Waals surface area contributed by atoms with Crippen molar-refractivity contribution in [1.82, 2.24) is 10.1 Å². The average molecular weight is 206 g/mol. The molecule has 0 fully saturated rings. The van der Waals surface area contributed by atoms with Gasteiger partial charge >= 0.3 is 0 Å². The molecule has 15 heavy (non-hydrogen) atoms. The highest BCUT2D eigenvalue weighted by molar-refractivity contribution is 5.58. The molecule has 78 valence electrons. The van der Waals surface area contributed by atoms with Crippen LogP contribution in [0.3, 0.4) is 0 Å². The van der Waals surface area contributed by atoms with Crippen molar-refractivity contribution >= 4 is 0 Å². The molecule has 0 aliphatic carbocycles. The Hall–Kier alpha value is -1.88. The predicted molar refractivity (Wildman–Crippen MR) is 52.2 cm³/mol. The molecule has 0 aliphatic heterocycles.